The van der Waals surface area contributed by atoms with Crippen molar-refractivity contribution in [1.29, 1.82) is 0 Å². The molecule has 0 bridgehead atoms. The van der Waals surface area contributed by atoms with Gasteiger partial charge in [-0.25, -0.2) is 13.8 Å². The zero-order valence-electron chi connectivity index (χ0n) is 18.8. The molecule has 0 radical (unpaired) electrons. The van der Waals surface area contributed by atoms with Crippen LogP contribution in [0.2, 0.25) is 0 Å². The minimum absolute atomic E-state index is 0.100. The lowest BCUT2D eigenvalue weighted by molar-refractivity contribution is -0.119. The molecule has 0 aliphatic heterocycles. The van der Waals surface area contributed by atoms with Crippen molar-refractivity contribution in [2.45, 2.75) is 24.7 Å². The van der Waals surface area contributed by atoms with Crippen molar-refractivity contribution in [3.05, 3.63) is 90.0 Å². The number of para-hydroxylation sites is 1. The maximum Gasteiger partial charge on any atom is 0.264 e. The molecule has 172 valence electrons. The molecule has 7 nitrogen and oxygen atoms in total. The second-order valence-electron chi connectivity index (χ2n) is 7.61. The van der Waals surface area contributed by atoms with Gasteiger partial charge in [0, 0.05) is 5.56 Å². The van der Waals surface area contributed by atoms with E-state index in [1.165, 1.54) is 18.3 Å². The van der Waals surface area contributed by atoms with Crippen LogP contribution in [0, 0.1) is 0 Å². The first-order valence-electron chi connectivity index (χ1n) is 10.5. The van der Waals surface area contributed by atoms with Gasteiger partial charge in [0.25, 0.3) is 15.9 Å². The largest absolute Gasteiger partial charge is 0.496 e. The average molecular weight is 466 g/mol. The molecule has 3 aromatic rings. The summed E-state index contributed by atoms with van der Waals surface area (Å²) in [5.41, 5.74) is 4.55. The van der Waals surface area contributed by atoms with Gasteiger partial charge in [0.05, 0.1) is 23.9 Å². The first kappa shape index (κ1) is 24.0. The third kappa shape index (κ3) is 5.98. The van der Waals surface area contributed by atoms with Gasteiger partial charge >= 0.3 is 0 Å². The zero-order chi connectivity index (χ0) is 23.8. The number of ether oxygens (including phenoxy) is 1. The number of sulfonamides is 1. The summed E-state index contributed by atoms with van der Waals surface area (Å²) in [5.74, 6) is 0.327. The first-order chi connectivity index (χ1) is 15.8. The summed E-state index contributed by atoms with van der Waals surface area (Å²) in [5, 5.41) is 3.96. The van der Waals surface area contributed by atoms with Gasteiger partial charge in [-0.05, 0) is 47.9 Å². The molecule has 0 atom stereocenters. The van der Waals surface area contributed by atoms with E-state index in [4.69, 9.17) is 4.74 Å². The first-order valence-corrected chi connectivity index (χ1v) is 11.9. The predicted octanol–water partition coefficient (Wildman–Crippen LogP) is 4.16. The van der Waals surface area contributed by atoms with Crippen LogP contribution in [-0.4, -0.2) is 34.2 Å². The summed E-state index contributed by atoms with van der Waals surface area (Å²) in [6, 6.07) is 22.4. The van der Waals surface area contributed by atoms with Crippen molar-refractivity contribution in [3.63, 3.8) is 0 Å². The highest BCUT2D eigenvalue weighted by atomic mass is 32.2. The number of amides is 1. The summed E-state index contributed by atoms with van der Waals surface area (Å²) >= 11 is 0. The van der Waals surface area contributed by atoms with Crippen LogP contribution in [0.4, 0.5) is 5.69 Å². The minimum Gasteiger partial charge on any atom is -0.496 e. The molecule has 0 aliphatic carbocycles. The predicted molar refractivity (Wildman–Crippen MR) is 130 cm³/mol. The summed E-state index contributed by atoms with van der Waals surface area (Å²) in [6.45, 7) is 3.68. The number of hydrogen-bond acceptors (Lipinski definition) is 5. The Balaban J connectivity index is 1.85. The Morgan fingerprint density at radius 1 is 1.00 bits per heavy atom. The smallest absolute Gasteiger partial charge is 0.264 e. The number of rotatable bonds is 9. The van der Waals surface area contributed by atoms with Crippen LogP contribution in [0.15, 0.2) is 88.9 Å². The van der Waals surface area contributed by atoms with E-state index in [1.807, 2.05) is 24.3 Å². The Kier molecular flexibility index (Phi) is 7.84. The van der Waals surface area contributed by atoms with Gasteiger partial charge in [-0.15, -0.1) is 0 Å². The van der Waals surface area contributed by atoms with Gasteiger partial charge in [0.1, 0.15) is 12.3 Å². The van der Waals surface area contributed by atoms with Crippen LogP contribution in [0.3, 0.4) is 0 Å². The van der Waals surface area contributed by atoms with Crippen molar-refractivity contribution in [3.8, 4) is 5.75 Å². The molecule has 3 aromatic carbocycles. The van der Waals surface area contributed by atoms with Crippen LogP contribution in [0.25, 0.3) is 0 Å². The molecule has 0 spiro atoms. The normalized spacial score (nSPS) is 11.5. The molecule has 0 aliphatic rings. The number of hydrogen-bond donors (Lipinski definition) is 1. The van der Waals surface area contributed by atoms with Crippen LogP contribution in [0.1, 0.15) is 30.9 Å². The molecule has 1 N–H and O–H groups in total. The van der Waals surface area contributed by atoms with E-state index in [9.17, 15) is 13.2 Å². The highest BCUT2D eigenvalue weighted by Crippen LogP contribution is 2.25. The lowest BCUT2D eigenvalue weighted by atomic mass is 10.0. The molecular formula is C25H27N3O4S. The Morgan fingerprint density at radius 3 is 2.27 bits per heavy atom. The van der Waals surface area contributed by atoms with Gasteiger partial charge in [-0.3, -0.25) is 9.10 Å². The lowest BCUT2D eigenvalue weighted by Gasteiger charge is -2.24. The number of nitrogens with one attached hydrogen (secondary N) is 1. The Bertz CT molecular complexity index is 1210. The Labute approximate surface area is 194 Å². The van der Waals surface area contributed by atoms with E-state index in [2.05, 4.69) is 24.4 Å². The molecule has 0 unspecified atom stereocenters. The Morgan fingerprint density at radius 2 is 1.64 bits per heavy atom. The van der Waals surface area contributed by atoms with Gasteiger partial charge in [0.2, 0.25) is 0 Å². The Hall–Kier alpha value is -3.65. The lowest BCUT2D eigenvalue weighted by Crippen LogP contribution is -2.39. The van der Waals surface area contributed by atoms with Crippen LogP contribution < -0.4 is 14.5 Å². The maximum atomic E-state index is 13.4. The zero-order valence-corrected chi connectivity index (χ0v) is 19.6. The van der Waals surface area contributed by atoms with Gasteiger partial charge in [-0.2, -0.15) is 5.10 Å². The van der Waals surface area contributed by atoms with Crippen LogP contribution >= 0.6 is 0 Å². The fourth-order valence-corrected chi connectivity index (χ4v) is 4.61. The SMILES string of the molecule is COc1ccccc1/C=N/NC(=O)CN(c1ccc(C(C)C)cc1)S(=O)(=O)c1ccccc1. The van der Waals surface area contributed by atoms with Gasteiger partial charge < -0.3 is 4.74 Å². The molecule has 0 saturated carbocycles. The molecule has 8 heteroatoms. The molecule has 1 amide bonds. The molecule has 0 heterocycles. The topological polar surface area (TPSA) is 88.1 Å². The number of anilines is 1. The number of benzene rings is 3. The van der Waals surface area contributed by atoms with Crippen LogP contribution in [0.5, 0.6) is 5.75 Å². The van der Waals surface area contributed by atoms with E-state index in [0.29, 0.717) is 22.9 Å². The highest BCUT2D eigenvalue weighted by molar-refractivity contribution is 7.92. The van der Waals surface area contributed by atoms with Crippen molar-refractivity contribution in [1.82, 2.24) is 5.43 Å². The number of carbonyl (C=O) groups excluding carboxylic acids is 1. The molecular weight excluding hydrogens is 438 g/mol. The monoisotopic (exact) mass is 465 g/mol. The average Bonchev–Trinajstić information content (AvgIpc) is 2.83. The fourth-order valence-electron chi connectivity index (χ4n) is 3.17. The minimum atomic E-state index is -3.97. The van der Waals surface area contributed by atoms with E-state index < -0.39 is 22.5 Å². The van der Waals surface area contributed by atoms with E-state index in [-0.39, 0.29) is 4.90 Å². The molecule has 3 rings (SSSR count). The number of carbonyl (C=O) groups is 1. The second kappa shape index (κ2) is 10.8. The van der Waals surface area contributed by atoms with E-state index in [1.54, 1.807) is 49.6 Å². The quantitative estimate of drug-likeness (QED) is 0.380. The van der Waals surface area contributed by atoms with Crippen molar-refractivity contribution in [2.75, 3.05) is 18.0 Å². The summed E-state index contributed by atoms with van der Waals surface area (Å²) in [6.07, 6.45) is 1.45. The third-order valence-electron chi connectivity index (χ3n) is 5.00. The number of methoxy groups -OCH3 is 1. The van der Waals surface area contributed by atoms with Gasteiger partial charge in [-0.1, -0.05) is 56.3 Å². The maximum absolute atomic E-state index is 13.4. The standard InChI is InChI=1S/C25H27N3O4S/c1-19(2)20-13-15-22(16-14-20)28(33(30,31)23-10-5-4-6-11-23)18-25(29)27-26-17-21-9-7-8-12-24(21)32-3/h4-17,19H,18H2,1-3H3,(H,27,29)/b26-17+. The van der Waals surface area contributed by atoms with E-state index in [0.717, 1.165) is 9.87 Å². The summed E-state index contributed by atoms with van der Waals surface area (Å²) in [4.78, 5) is 12.8. The molecule has 0 saturated heterocycles. The fraction of sp³-hybridized carbons (Fsp3) is 0.200. The molecule has 0 fully saturated rings. The number of hydrazone groups is 1. The van der Waals surface area contributed by atoms with Crippen molar-refractivity contribution >= 4 is 27.8 Å². The summed E-state index contributed by atoms with van der Waals surface area (Å²) in [7, 11) is -2.43. The molecule has 0 aromatic heterocycles. The van der Waals surface area contributed by atoms with Gasteiger partial charge in [0.15, 0.2) is 0 Å². The van der Waals surface area contributed by atoms with Crippen molar-refractivity contribution in [2.24, 2.45) is 5.10 Å². The third-order valence-corrected chi connectivity index (χ3v) is 6.79. The van der Waals surface area contributed by atoms with Crippen molar-refractivity contribution < 1.29 is 17.9 Å². The second-order valence-corrected chi connectivity index (χ2v) is 9.47. The van der Waals surface area contributed by atoms with E-state index >= 15 is 0 Å². The molecule has 33 heavy (non-hydrogen) atoms. The number of nitrogens with zero attached hydrogens (tertiary/aromatic N) is 2. The van der Waals surface area contributed by atoms with Crippen LogP contribution in [-0.2, 0) is 14.8 Å². The summed E-state index contributed by atoms with van der Waals surface area (Å²) < 4.78 is 33.1. The highest BCUT2D eigenvalue weighted by Gasteiger charge is 2.27.